The van der Waals surface area contributed by atoms with E-state index in [4.69, 9.17) is 16.3 Å². The highest BCUT2D eigenvalue weighted by atomic mass is 35.5. The molecule has 7 nitrogen and oxygen atoms in total. The largest absolute Gasteiger partial charge is 0.495 e. The summed E-state index contributed by atoms with van der Waals surface area (Å²) < 4.78 is 5.33. The number of aliphatic hydroxyl groups excluding tert-OH is 1. The van der Waals surface area contributed by atoms with Gasteiger partial charge in [-0.1, -0.05) is 61.7 Å². The van der Waals surface area contributed by atoms with Gasteiger partial charge in [0.15, 0.2) is 0 Å². The minimum atomic E-state index is -0.594. The molecule has 1 heterocycles. The second-order valence-electron chi connectivity index (χ2n) is 9.45. The molecule has 1 N–H and O–H groups in total. The SMILES string of the molecule is CCCC[C@@H]([C@@H](O)c1ccc2c(Cl)c(OC)ccc2c1)N1CCN(Cc2ccc([N+](=O)[O-])cc2)CC1. The number of aliphatic hydroxyl groups is 1. The second kappa shape index (κ2) is 12.0. The Hall–Kier alpha value is -2.71. The molecule has 0 aliphatic carbocycles. The molecule has 1 aliphatic heterocycles. The summed E-state index contributed by atoms with van der Waals surface area (Å²) >= 11 is 6.49. The number of hydrogen-bond acceptors (Lipinski definition) is 6. The summed E-state index contributed by atoms with van der Waals surface area (Å²) in [7, 11) is 1.61. The Morgan fingerprint density at radius 2 is 1.81 bits per heavy atom. The molecule has 3 aromatic rings. The Morgan fingerprint density at radius 1 is 1.08 bits per heavy atom. The van der Waals surface area contributed by atoms with Gasteiger partial charge < -0.3 is 9.84 Å². The van der Waals surface area contributed by atoms with Gasteiger partial charge in [-0.3, -0.25) is 19.9 Å². The predicted octanol–water partition coefficient (Wildman–Crippen LogP) is 5.82. The Balaban J connectivity index is 1.44. The van der Waals surface area contributed by atoms with Gasteiger partial charge in [-0.15, -0.1) is 0 Å². The van der Waals surface area contributed by atoms with Gasteiger partial charge in [0.05, 0.1) is 23.2 Å². The number of methoxy groups -OCH3 is 1. The molecule has 8 heteroatoms. The first kappa shape index (κ1) is 26.4. The van der Waals surface area contributed by atoms with Crippen LogP contribution >= 0.6 is 11.6 Å². The molecule has 1 fully saturated rings. The summed E-state index contributed by atoms with van der Waals surface area (Å²) in [6.45, 7) is 6.46. The van der Waals surface area contributed by atoms with E-state index in [-0.39, 0.29) is 16.7 Å². The third-order valence-corrected chi connectivity index (χ3v) is 7.54. The Labute approximate surface area is 217 Å². The lowest BCUT2D eigenvalue weighted by molar-refractivity contribution is -0.384. The molecule has 36 heavy (non-hydrogen) atoms. The van der Waals surface area contributed by atoms with Gasteiger partial charge in [0.1, 0.15) is 5.75 Å². The minimum Gasteiger partial charge on any atom is -0.495 e. The van der Waals surface area contributed by atoms with Crippen molar-refractivity contribution in [2.45, 2.75) is 44.9 Å². The van der Waals surface area contributed by atoms with Gasteiger partial charge in [0.2, 0.25) is 0 Å². The number of nitro benzene ring substituents is 1. The van der Waals surface area contributed by atoms with Gasteiger partial charge in [0, 0.05) is 56.3 Å². The first-order valence-electron chi connectivity index (χ1n) is 12.5. The van der Waals surface area contributed by atoms with Crippen LogP contribution < -0.4 is 4.74 Å². The average Bonchev–Trinajstić information content (AvgIpc) is 2.90. The summed E-state index contributed by atoms with van der Waals surface area (Å²) in [4.78, 5) is 15.3. The van der Waals surface area contributed by atoms with E-state index in [1.807, 2.05) is 42.5 Å². The molecule has 1 saturated heterocycles. The van der Waals surface area contributed by atoms with Crippen molar-refractivity contribution in [2.75, 3.05) is 33.3 Å². The lowest BCUT2D eigenvalue weighted by Gasteiger charge is -2.41. The number of nitrogens with zero attached hydrogens (tertiary/aromatic N) is 3. The maximum atomic E-state index is 11.5. The lowest BCUT2D eigenvalue weighted by Crippen LogP contribution is -2.51. The summed E-state index contributed by atoms with van der Waals surface area (Å²) in [5.41, 5.74) is 2.09. The molecule has 3 aromatic carbocycles. The van der Waals surface area contributed by atoms with Crippen molar-refractivity contribution in [1.82, 2.24) is 9.80 Å². The molecule has 192 valence electrons. The summed E-state index contributed by atoms with van der Waals surface area (Å²) in [5.74, 6) is 0.643. The van der Waals surface area contributed by atoms with Crippen LogP contribution in [0, 0.1) is 10.1 Å². The molecule has 0 bridgehead atoms. The number of hydrogen-bond donors (Lipinski definition) is 1. The third-order valence-electron chi connectivity index (χ3n) is 7.15. The van der Waals surface area contributed by atoms with Crippen molar-refractivity contribution in [2.24, 2.45) is 0 Å². The van der Waals surface area contributed by atoms with Crippen LogP contribution in [0.25, 0.3) is 10.8 Å². The van der Waals surface area contributed by atoms with Gasteiger partial charge in [-0.05, 0) is 35.1 Å². The lowest BCUT2D eigenvalue weighted by atomic mass is 9.94. The quantitative estimate of drug-likeness (QED) is 0.273. The van der Waals surface area contributed by atoms with Gasteiger partial charge >= 0.3 is 0 Å². The van der Waals surface area contributed by atoms with Crippen LogP contribution in [0.2, 0.25) is 5.02 Å². The van der Waals surface area contributed by atoms with Gasteiger partial charge in [-0.2, -0.15) is 0 Å². The molecule has 0 amide bonds. The Bertz CT molecular complexity index is 1180. The first-order valence-corrected chi connectivity index (χ1v) is 12.9. The number of ether oxygens (including phenoxy) is 1. The van der Waals surface area contributed by atoms with Crippen molar-refractivity contribution in [3.8, 4) is 5.75 Å². The first-order chi connectivity index (χ1) is 17.4. The highest BCUT2D eigenvalue weighted by Gasteiger charge is 2.30. The summed E-state index contributed by atoms with van der Waals surface area (Å²) in [6, 6.07) is 16.7. The topological polar surface area (TPSA) is 79.1 Å². The maximum Gasteiger partial charge on any atom is 0.269 e. The summed E-state index contributed by atoms with van der Waals surface area (Å²) in [6.07, 6.45) is 2.47. The molecular weight excluding hydrogens is 478 g/mol. The van der Waals surface area contributed by atoms with Crippen LogP contribution in [0.1, 0.15) is 43.4 Å². The number of fused-ring (bicyclic) bond motifs is 1. The zero-order valence-corrected chi connectivity index (χ0v) is 21.7. The van der Waals surface area contributed by atoms with Crippen molar-refractivity contribution in [1.29, 1.82) is 0 Å². The van der Waals surface area contributed by atoms with Crippen LogP contribution in [0.15, 0.2) is 54.6 Å². The highest BCUT2D eigenvalue weighted by molar-refractivity contribution is 6.37. The second-order valence-corrected chi connectivity index (χ2v) is 9.83. The zero-order valence-electron chi connectivity index (χ0n) is 20.9. The molecule has 0 unspecified atom stereocenters. The van der Waals surface area contributed by atoms with Crippen LogP contribution in [-0.2, 0) is 6.54 Å². The molecular formula is C28H34ClN3O4. The monoisotopic (exact) mass is 511 g/mol. The molecule has 4 rings (SSSR count). The van der Waals surface area contributed by atoms with E-state index in [0.717, 1.165) is 73.9 Å². The number of benzene rings is 3. The smallest absolute Gasteiger partial charge is 0.269 e. The van der Waals surface area contributed by atoms with Crippen LogP contribution in [0.4, 0.5) is 5.69 Å². The fourth-order valence-electron chi connectivity index (χ4n) is 5.04. The molecule has 0 saturated carbocycles. The molecule has 0 radical (unpaired) electrons. The number of non-ortho nitro benzene ring substituents is 1. The van der Waals surface area contributed by atoms with Crippen molar-refractivity contribution < 1.29 is 14.8 Å². The van der Waals surface area contributed by atoms with Crippen LogP contribution in [0.5, 0.6) is 5.75 Å². The number of rotatable bonds is 10. The molecule has 0 aromatic heterocycles. The standard InChI is InChI=1S/C28H34ClN3O4/c1-3-4-5-25(28(33)22-8-12-24-21(18-22)9-13-26(36-2)27(24)29)31-16-14-30(15-17-31)19-20-6-10-23(11-7-20)32(34)35/h6-13,18,25,28,33H,3-5,14-17,19H2,1-2H3/t25-,28-/m0/s1. The maximum absolute atomic E-state index is 11.5. The van der Waals surface area contributed by atoms with Gasteiger partial charge in [0.25, 0.3) is 5.69 Å². The fraction of sp³-hybridized carbons (Fsp3) is 0.429. The number of unbranched alkanes of at least 4 members (excludes halogenated alkanes) is 1. The minimum absolute atomic E-state index is 0.0395. The van der Waals surface area contributed by atoms with E-state index in [1.54, 1.807) is 19.2 Å². The fourth-order valence-corrected chi connectivity index (χ4v) is 5.35. The third kappa shape index (κ3) is 5.98. The average molecular weight is 512 g/mol. The predicted molar refractivity (Wildman–Crippen MR) is 144 cm³/mol. The van der Waals surface area contributed by atoms with E-state index < -0.39 is 6.10 Å². The molecule has 1 aliphatic rings. The zero-order chi connectivity index (χ0) is 25.7. The van der Waals surface area contributed by atoms with E-state index in [2.05, 4.69) is 16.7 Å². The van der Waals surface area contributed by atoms with Crippen molar-refractivity contribution in [3.05, 3.63) is 80.9 Å². The van der Waals surface area contributed by atoms with Crippen LogP contribution in [0.3, 0.4) is 0 Å². The van der Waals surface area contributed by atoms with Crippen molar-refractivity contribution in [3.63, 3.8) is 0 Å². The van der Waals surface area contributed by atoms with E-state index >= 15 is 0 Å². The molecule has 2 atom stereocenters. The number of nitro groups is 1. The number of piperazine rings is 1. The highest BCUT2D eigenvalue weighted by Crippen LogP contribution is 2.35. The van der Waals surface area contributed by atoms with Gasteiger partial charge in [-0.25, -0.2) is 0 Å². The van der Waals surface area contributed by atoms with Crippen LogP contribution in [-0.4, -0.2) is 59.2 Å². The Morgan fingerprint density at radius 3 is 2.44 bits per heavy atom. The van der Waals surface area contributed by atoms with E-state index in [0.29, 0.717) is 10.8 Å². The van der Waals surface area contributed by atoms with E-state index in [1.165, 1.54) is 0 Å². The summed E-state index contributed by atoms with van der Waals surface area (Å²) in [5, 5.41) is 24.9. The van der Waals surface area contributed by atoms with E-state index in [9.17, 15) is 15.2 Å². The molecule has 0 spiro atoms. The Kier molecular flexibility index (Phi) is 8.80. The normalized spacial score (nSPS) is 16.7. The van der Waals surface area contributed by atoms with Crippen molar-refractivity contribution >= 4 is 28.1 Å². The number of halogens is 1.